The van der Waals surface area contributed by atoms with E-state index in [9.17, 15) is 0 Å². The maximum absolute atomic E-state index is 6.15. The summed E-state index contributed by atoms with van der Waals surface area (Å²) in [5.74, 6) is 2.43. The summed E-state index contributed by atoms with van der Waals surface area (Å²) >= 11 is 0. The minimum atomic E-state index is -0.194. The molecule has 27 heavy (non-hydrogen) atoms. The van der Waals surface area contributed by atoms with Crippen molar-refractivity contribution in [2.24, 2.45) is 12.0 Å². The third-order valence-corrected chi connectivity index (χ3v) is 4.85. The smallest absolute Gasteiger partial charge is 0.216 e. The maximum Gasteiger partial charge on any atom is 0.216 e. The summed E-state index contributed by atoms with van der Waals surface area (Å²) in [6.07, 6.45) is 1.85. The highest BCUT2D eigenvalue weighted by Crippen LogP contribution is 2.41. The minimum Gasteiger partial charge on any atom is -0.493 e. The summed E-state index contributed by atoms with van der Waals surface area (Å²) < 4.78 is 24.5. The minimum absolute atomic E-state index is 0.194. The quantitative estimate of drug-likeness (QED) is 0.691. The van der Waals surface area contributed by atoms with Crippen LogP contribution in [0.1, 0.15) is 17.2 Å². The van der Waals surface area contributed by atoms with Gasteiger partial charge < -0.3 is 23.5 Å². The number of hydrogen-bond donors (Lipinski definition) is 0. The van der Waals surface area contributed by atoms with Gasteiger partial charge in [-0.3, -0.25) is 0 Å². The molecule has 1 atom stereocenters. The van der Waals surface area contributed by atoms with E-state index < -0.39 is 0 Å². The van der Waals surface area contributed by atoms with Gasteiger partial charge in [0.15, 0.2) is 11.5 Å². The lowest BCUT2D eigenvalue weighted by Crippen LogP contribution is -2.07. The molecule has 0 bridgehead atoms. The molecule has 0 saturated heterocycles. The first kappa shape index (κ1) is 17.3. The molecule has 4 rings (SSSR count). The first-order valence-corrected chi connectivity index (χ1v) is 8.71. The number of ether oxygens (including phenoxy) is 4. The first-order valence-electron chi connectivity index (χ1n) is 8.71. The van der Waals surface area contributed by atoms with Gasteiger partial charge in [0.25, 0.3) is 0 Å². The van der Waals surface area contributed by atoms with Gasteiger partial charge in [0.05, 0.1) is 27.9 Å². The number of nitrogens with zero attached hydrogens (tertiary/aromatic N) is 2. The Bertz CT molecular complexity index is 997. The van der Waals surface area contributed by atoms with Gasteiger partial charge >= 0.3 is 0 Å². The second-order valence-electron chi connectivity index (χ2n) is 6.41. The molecular formula is C21H22N2O4. The summed E-state index contributed by atoms with van der Waals surface area (Å²) in [5.41, 5.74) is 3.09. The highest BCUT2D eigenvalue weighted by molar-refractivity contribution is 5.99. The molecule has 1 aromatic heterocycles. The van der Waals surface area contributed by atoms with E-state index in [0.29, 0.717) is 29.7 Å². The largest absolute Gasteiger partial charge is 0.493 e. The van der Waals surface area contributed by atoms with Gasteiger partial charge in [-0.1, -0.05) is 0 Å². The molecule has 0 amide bonds. The fourth-order valence-corrected chi connectivity index (χ4v) is 3.41. The lowest BCUT2D eigenvalue weighted by molar-refractivity contribution is 0.228. The van der Waals surface area contributed by atoms with Crippen LogP contribution in [0, 0.1) is 0 Å². The SMILES string of the molecule is COc1cc(C2CN=C(c3ccc4c(ccn4C)c3)O2)cc(OC)c1OC. The predicted molar refractivity (Wildman–Crippen MR) is 104 cm³/mol. The average Bonchev–Trinajstić information content (AvgIpc) is 3.34. The molecule has 1 aliphatic rings. The van der Waals surface area contributed by atoms with E-state index in [2.05, 4.69) is 27.8 Å². The Hall–Kier alpha value is -3.15. The van der Waals surface area contributed by atoms with Crippen LogP contribution < -0.4 is 14.2 Å². The summed E-state index contributed by atoms with van der Waals surface area (Å²) in [7, 11) is 6.83. The summed E-state index contributed by atoms with van der Waals surface area (Å²) in [4.78, 5) is 4.61. The third-order valence-electron chi connectivity index (χ3n) is 4.85. The summed E-state index contributed by atoms with van der Waals surface area (Å²) in [6, 6.07) is 12.1. The monoisotopic (exact) mass is 366 g/mol. The zero-order valence-electron chi connectivity index (χ0n) is 15.9. The van der Waals surface area contributed by atoms with Crippen molar-refractivity contribution in [2.45, 2.75) is 6.10 Å². The van der Waals surface area contributed by atoms with E-state index in [-0.39, 0.29) is 6.10 Å². The van der Waals surface area contributed by atoms with E-state index in [1.165, 1.54) is 5.52 Å². The topological polar surface area (TPSA) is 54.2 Å². The zero-order chi connectivity index (χ0) is 19.0. The number of benzene rings is 2. The molecule has 1 aliphatic heterocycles. The number of rotatable bonds is 5. The Labute approximate surface area is 157 Å². The van der Waals surface area contributed by atoms with Crippen LogP contribution in [0.3, 0.4) is 0 Å². The molecule has 2 heterocycles. The van der Waals surface area contributed by atoms with E-state index in [4.69, 9.17) is 18.9 Å². The number of aryl methyl sites for hydroxylation is 1. The fourth-order valence-electron chi connectivity index (χ4n) is 3.41. The van der Waals surface area contributed by atoms with Crippen molar-refractivity contribution in [3.8, 4) is 17.2 Å². The summed E-state index contributed by atoms with van der Waals surface area (Å²) in [5, 5.41) is 1.16. The molecule has 6 heteroatoms. The Balaban J connectivity index is 1.61. The van der Waals surface area contributed by atoms with Crippen LogP contribution >= 0.6 is 0 Å². The van der Waals surface area contributed by atoms with E-state index in [1.807, 2.05) is 31.4 Å². The Kier molecular flexibility index (Phi) is 4.39. The molecule has 0 aliphatic carbocycles. The molecule has 6 nitrogen and oxygen atoms in total. The molecule has 1 unspecified atom stereocenters. The lowest BCUT2D eigenvalue weighted by Gasteiger charge is -2.17. The van der Waals surface area contributed by atoms with Gasteiger partial charge in [0.1, 0.15) is 6.10 Å². The van der Waals surface area contributed by atoms with Crippen molar-refractivity contribution >= 4 is 16.8 Å². The standard InChI is InChI=1S/C21H22N2O4/c1-23-8-7-13-9-14(5-6-16(13)23)21-22-12-19(27-21)15-10-17(24-2)20(26-4)18(11-15)25-3/h5-11,19H,12H2,1-4H3. The first-order chi connectivity index (χ1) is 13.1. The molecular weight excluding hydrogens is 344 g/mol. The van der Waals surface area contributed by atoms with Gasteiger partial charge in [-0.2, -0.15) is 0 Å². The molecule has 140 valence electrons. The predicted octanol–water partition coefficient (Wildman–Crippen LogP) is 3.72. The van der Waals surface area contributed by atoms with Crippen molar-refractivity contribution < 1.29 is 18.9 Å². The number of fused-ring (bicyclic) bond motifs is 1. The maximum atomic E-state index is 6.15. The van der Waals surface area contributed by atoms with Crippen molar-refractivity contribution in [3.05, 3.63) is 53.7 Å². The number of aromatic nitrogens is 1. The van der Waals surface area contributed by atoms with Crippen molar-refractivity contribution in [1.29, 1.82) is 0 Å². The van der Waals surface area contributed by atoms with Gasteiger partial charge in [-0.15, -0.1) is 0 Å². The number of aliphatic imine (C=N–C) groups is 1. The van der Waals surface area contributed by atoms with Crippen LogP contribution in [0.25, 0.3) is 10.9 Å². The second-order valence-corrected chi connectivity index (χ2v) is 6.41. The highest BCUT2D eigenvalue weighted by Gasteiger charge is 2.26. The van der Waals surface area contributed by atoms with Gasteiger partial charge in [-0.05, 0) is 36.4 Å². The van der Waals surface area contributed by atoms with Crippen LogP contribution in [0.4, 0.5) is 0 Å². The van der Waals surface area contributed by atoms with Crippen LogP contribution in [0.15, 0.2) is 47.6 Å². The molecule has 0 radical (unpaired) electrons. The van der Waals surface area contributed by atoms with E-state index in [1.54, 1.807) is 21.3 Å². The van der Waals surface area contributed by atoms with Crippen molar-refractivity contribution in [3.63, 3.8) is 0 Å². The normalized spacial score (nSPS) is 16.1. The highest BCUT2D eigenvalue weighted by atomic mass is 16.5. The van der Waals surface area contributed by atoms with Crippen LogP contribution in [-0.2, 0) is 11.8 Å². The van der Waals surface area contributed by atoms with E-state index in [0.717, 1.165) is 16.5 Å². The van der Waals surface area contributed by atoms with Crippen molar-refractivity contribution in [2.75, 3.05) is 27.9 Å². The molecule has 0 fully saturated rings. The van der Waals surface area contributed by atoms with E-state index >= 15 is 0 Å². The Morgan fingerprint density at radius 3 is 2.41 bits per heavy atom. The van der Waals surface area contributed by atoms with Crippen LogP contribution in [0.5, 0.6) is 17.2 Å². The van der Waals surface area contributed by atoms with Crippen LogP contribution in [-0.4, -0.2) is 38.3 Å². The molecule has 0 N–H and O–H groups in total. The van der Waals surface area contributed by atoms with Gasteiger partial charge in [0, 0.05) is 35.3 Å². The molecule has 0 spiro atoms. The second kappa shape index (κ2) is 6.87. The van der Waals surface area contributed by atoms with Gasteiger partial charge in [0.2, 0.25) is 11.6 Å². The average molecular weight is 366 g/mol. The lowest BCUT2D eigenvalue weighted by atomic mass is 10.1. The van der Waals surface area contributed by atoms with Crippen molar-refractivity contribution in [1.82, 2.24) is 4.57 Å². The Morgan fingerprint density at radius 1 is 1.00 bits per heavy atom. The number of methoxy groups -OCH3 is 3. The fraction of sp³-hybridized carbons (Fsp3) is 0.286. The molecule has 3 aromatic rings. The van der Waals surface area contributed by atoms with Crippen LogP contribution in [0.2, 0.25) is 0 Å². The summed E-state index contributed by atoms with van der Waals surface area (Å²) in [6.45, 7) is 0.542. The molecule has 0 saturated carbocycles. The van der Waals surface area contributed by atoms with Gasteiger partial charge in [-0.25, -0.2) is 4.99 Å². The Morgan fingerprint density at radius 2 is 1.74 bits per heavy atom. The molecule has 2 aromatic carbocycles. The number of hydrogen-bond acceptors (Lipinski definition) is 5. The zero-order valence-corrected chi connectivity index (χ0v) is 15.9. The third kappa shape index (κ3) is 2.97.